The fourth-order valence-electron chi connectivity index (χ4n) is 1.27. The average Bonchev–Trinajstić information content (AvgIpc) is 2.19. The van der Waals surface area contributed by atoms with Crippen molar-refractivity contribution >= 4 is 0 Å². The maximum atomic E-state index is 12.2. The maximum Gasteiger partial charge on any atom is 0.416 e. The second-order valence-electron chi connectivity index (χ2n) is 2.99. The van der Waals surface area contributed by atoms with Crippen molar-refractivity contribution in [2.24, 2.45) is 0 Å². The zero-order valence-electron chi connectivity index (χ0n) is 9.57. The molecule has 0 aliphatic rings. The Kier molecular flexibility index (Phi) is 5.40. The van der Waals surface area contributed by atoms with Gasteiger partial charge in [-0.2, -0.15) is 13.2 Å². The lowest BCUT2D eigenvalue weighted by Gasteiger charge is -2.09. The van der Waals surface area contributed by atoms with E-state index in [1.54, 1.807) is 6.92 Å². The van der Waals surface area contributed by atoms with Gasteiger partial charge in [0.2, 0.25) is 0 Å². The van der Waals surface area contributed by atoms with Gasteiger partial charge in [-0.15, -0.1) is 0 Å². The lowest BCUT2D eigenvalue weighted by molar-refractivity contribution is -0.137. The Labute approximate surface area is 89.1 Å². The minimum absolute atomic E-state index is 0.567. The molecule has 1 rings (SSSR count). The summed E-state index contributed by atoms with van der Waals surface area (Å²) in [5.41, 5.74) is 1.10. The lowest BCUT2D eigenvalue weighted by atomic mass is 10.0. The Morgan fingerprint density at radius 3 is 2.00 bits per heavy atom. The van der Waals surface area contributed by atoms with Crippen LogP contribution in [-0.2, 0) is 12.6 Å². The molecule has 0 aliphatic carbocycles. The van der Waals surface area contributed by atoms with E-state index in [1.807, 2.05) is 20.8 Å². The summed E-state index contributed by atoms with van der Waals surface area (Å²) in [6, 6.07) is 3.86. The molecule has 0 nitrogen and oxygen atoms in total. The van der Waals surface area contributed by atoms with Gasteiger partial charge < -0.3 is 0 Å². The highest BCUT2D eigenvalue weighted by Gasteiger charge is 2.30. The van der Waals surface area contributed by atoms with Crippen molar-refractivity contribution in [2.45, 2.75) is 40.3 Å². The number of rotatable bonds is 1. The average molecular weight is 218 g/mol. The Bertz CT molecular complexity index is 300. The second kappa shape index (κ2) is 5.79. The minimum atomic E-state index is -4.23. The van der Waals surface area contributed by atoms with Crippen LogP contribution in [0.1, 0.15) is 37.5 Å². The van der Waals surface area contributed by atoms with Crippen molar-refractivity contribution in [3.63, 3.8) is 0 Å². The summed E-state index contributed by atoms with van der Waals surface area (Å²) in [7, 11) is 0. The molecule has 0 radical (unpaired) electrons. The van der Waals surface area contributed by atoms with Crippen LogP contribution in [0.25, 0.3) is 0 Å². The highest BCUT2D eigenvalue weighted by Crippen LogP contribution is 2.30. The summed E-state index contributed by atoms with van der Waals surface area (Å²) in [6.45, 7) is 7.63. The molecule has 0 atom stereocenters. The standard InChI is InChI=1S/C10H11F3.C2H6/c1-3-8-4-5-9(6-7(8)2)10(11,12)13;1-2/h4-6H,3H2,1-2H3;1-2H3. The Balaban J connectivity index is 0.000000921. The van der Waals surface area contributed by atoms with E-state index in [0.717, 1.165) is 18.1 Å². The van der Waals surface area contributed by atoms with Crippen LogP contribution in [-0.4, -0.2) is 0 Å². The molecule has 86 valence electrons. The number of hydrogen-bond donors (Lipinski definition) is 0. The molecule has 0 saturated carbocycles. The molecule has 0 aliphatic heterocycles. The van der Waals surface area contributed by atoms with Gasteiger partial charge in [-0.3, -0.25) is 0 Å². The van der Waals surface area contributed by atoms with Gasteiger partial charge in [0.1, 0.15) is 0 Å². The minimum Gasteiger partial charge on any atom is -0.166 e. The molecule has 0 saturated heterocycles. The maximum absolute atomic E-state index is 12.2. The van der Waals surface area contributed by atoms with Crippen LogP contribution in [0, 0.1) is 6.92 Å². The SMILES string of the molecule is CC.CCc1ccc(C(F)(F)F)cc1C. The molecule has 1 aromatic rings. The van der Waals surface area contributed by atoms with E-state index in [1.165, 1.54) is 12.1 Å². The quantitative estimate of drug-likeness (QED) is 0.646. The molecule has 0 N–H and O–H groups in total. The molecule has 0 heterocycles. The lowest BCUT2D eigenvalue weighted by Crippen LogP contribution is -2.05. The first-order chi connectivity index (χ1) is 6.95. The zero-order chi connectivity index (χ0) is 12.1. The van der Waals surface area contributed by atoms with E-state index in [4.69, 9.17) is 0 Å². The predicted molar refractivity (Wildman–Crippen MR) is 56.9 cm³/mol. The van der Waals surface area contributed by atoms with Crippen molar-refractivity contribution < 1.29 is 13.2 Å². The van der Waals surface area contributed by atoms with Gasteiger partial charge in [0.25, 0.3) is 0 Å². The summed E-state index contributed by atoms with van der Waals surface area (Å²) in [5, 5.41) is 0. The van der Waals surface area contributed by atoms with E-state index in [2.05, 4.69) is 0 Å². The van der Waals surface area contributed by atoms with Gasteiger partial charge in [0.15, 0.2) is 0 Å². The third-order valence-electron chi connectivity index (χ3n) is 2.05. The Morgan fingerprint density at radius 1 is 1.13 bits per heavy atom. The molecular weight excluding hydrogens is 201 g/mol. The van der Waals surface area contributed by atoms with Crippen LogP contribution >= 0.6 is 0 Å². The van der Waals surface area contributed by atoms with Crippen LogP contribution in [0.5, 0.6) is 0 Å². The third-order valence-corrected chi connectivity index (χ3v) is 2.05. The predicted octanol–water partition coefficient (Wildman–Crippen LogP) is 4.60. The number of aryl methyl sites for hydroxylation is 2. The van der Waals surface area contributed by atoms with Crippen molar-refractivity contribution in [3.05, 3.63) is 34.9 Å². The Morgan fingerprint density at radius 2 is 1.67 bits per heavy atom. The molecule has 0 amide bonds. The van der Waals surface area contributed by atoms with Crippen molar-refractivity contribution in [1.82, 2.24) is 0 Å². The van der Waals surface area contributed by atoms with Gasteiger partial charge in [0.05, 0.1) is 5.56 Å². The van der Waals surface area contributed by atoms with Crippen LogP contribution in [0.4, 0.5) is 13.2 Å². The van der Waals surface area contributed by atoms with Gasteiger partial charge in [0, 0.05) is 0 Å². The molecule has 15 heavy (non-hydrogen) atoms. The third kappa shape index (κ3) is 3.94. The molecule has 0 unspecified atom stereocenters. The fraction of sp³-hybridized carbons (Fsp3) is 0.500. The highest BCUT2D eigenvalue weighted by molar-refractivity contribution is 5.32. The summed E-state index contributed by atoms with van der Waals surface area (Å²) in [4.78, 5) is 0. The molecule has 1 aromatic carbocycles. The smallest absolute Gasteiger partial charge is 0.166 e. The highest BCUT2D eigenvalue weighted by atomic mass is 19.4. The normalized spacial score (nSPS) is 10.6. The summed E-state index contributed by atoms with van der Waals surface area (Å²) >= 11 is 0. The topological polar surface area (TPSA) is 0 Å². The van der Waals surface area contributed by atoms with Crippen molar-refractivity contribution in [3.8, 4) is 0 Å². The molecule has 0 aromatic heterocycles. The molecular formula is C12H17F3. The molecule has 0 fully saturated rings. The second-order valence-corrected chi connectivity index (χ2v) is 2.99. The molecule has 3 heteroatoms. The first-order valence-electron chi connectivity index (χ1n) is 5.12. The molecule has 0 bridgehead atoms. The first-order valence-corrected chi connectivity index (χ1v) is 5.12. The largest absolute Gasteiger partial charge is 0.416 e. The van der Waals surface area contributed by atoms with E-state index in [0.29, 0.717) is 5.56 Å². The summed E-state index contributed by atoms with van der Waals surface area (Å²) in [5.74, 6) is 0. The van der Waals surface area contributed by atoms with Crippen molar-refractivity contribution in [1.29, 1.82) is 0 Å². The number of benzene rings is 1. The van der Waals surface area contributed by atoms with Crippen LogP contribution in [0.15, 0.2) is 18.2 Å². The van der Waals surface area contributed by atoms with Gasteiger partial charge in [-0.1, -0.05) is 26.8 Å². The molecule has 0 spiro atoms. The van der Waals surface area contributed by atoms with Crippen LogP contribution in [0.2, 0.25) is 0 Å². The Hall–Kier alpha value is -0.990. The van der Waals surface area contributed by atoms with Crippen LogP contribution < -0.4 is 0 Å². The van der Waals surface area contributed by atoms with E-state index >= 15 is 0 Å². The van der Waals surface area contributed by atoms with Crippen molar-refractivity contribution in [2.75, 3.05) is 0 Å². The van der Waals surface area contributed by atoms with Gasteiger partial charge in [-0.25, -0.2) is 0 Å². The van der Waals surface area contributed by atoms with E-state index < -0.39 is 11.7 Å². The number of halogens is 3. The zero-order valence-corrected chi connectivity index (χ0v) is 9.57. The van der Waals surface area contributed by atoms with E-state index in [-0.39, 0.29) is 0 Å². The first kappa shape index (κ1) is 14.0. The summed E-state index contributed by atoms with van der Waals surface area (Å²) < 4.78 is 36.6. The van der Waals surface area contributed by atoms with Gasteiger partial charge >= 0.3 is 6.18 Å². The van der Waals surface area contributed by atoms with Crippen LogP contribution in [0.3, 0.4) is 0 Å². The number of alkyl halides is 3. The summed E-state index contributed by atoms with van der Waals surface area (Å²) in [6.07, 6.45) is -3.46. The van der Waals surface area contributed by atoms with Gasteiger partial charge in [-0.05, 0) is 36.6 Å². The van der Waals surface area contributed by atoms with E-state index in [9.17, 15) is 13.2 Å². The number of hydrogen-bond acceptors (Lipinski definition) is 0. The monoisotopic (exact) mass is 218 g/mol. The fourth-order valence-corrected chi connectivity index (χ4v) is 1.27.